The van der Waals surface area contributed by atoms with E-state index in [0.717, 1.165) is 17.7 Å². The van der Waals surface area contributed by atoms with E-state index in [9.17, 15) is 0 Å². The summed E-state index contributed by atoms with van der Waals surface area (Å²) >= 11 is 0. The maximum atomic E-state index is 8.68. The molecule has 6 aromatic carbocycles. The fourth-order valence-corrected chi connectivity index (χ4v) is 18.6. The van der Waals surface area contributed by atoms with Gasteiger partial charge in [-0.15, -0.1) is 0 Å². The maximum absolute atomic E-state index is 8.68. The number of hydrogen-bond donors (Lipinski definition) is 2. The molecule has 1 spiro atoms. The monoisotopic (exact) mass is 1250 g/mol. The quantitative estimate of drug-likeness (QED) is 0.178. The van der Waals surface area contributed by atoms with Gasteiger partial charge >= 0.3 is 0 Å². The summed E-state index contributed by atoms with van der Waals surface area (Å²) in [5.74, 6) is 0. The van der Waals surface area contributed by atoms with Crippen molar-refractivity contribution in [3.05, 3.63) is 179 Å². The number of nitrogens with zero attached hydrogens (tertiary/aromatic N) is 5. The predicted octanol–water partition coefficient (Wildman–Crippen LogP) is 21.9. The van der Waals surface area contributed by atoms with Crippen LogP contribution in [0.4, 0.5) is 34.1 Å². The number of hydrogen-bond acceptors (Lipinski definition) is 7. The molecular weight excluding hydrogens is 1120 g/mol. The van der Waals surface area contributed by atoms with Crippen LogP contribution in [0.1, 0.15) is 243 Å². The standard InChI is InChI=1S/C19H29N.C18H21N.2C16H26N2.C16H25N/c1-15-10-6-7-11-17(15)20-16(2)19(14-18(20,3)4)12-8-5-9-13-19;1-13-9-5-7-11-16(13)19-14(2)18(3,4)15-10-6-8-12-17(15)19;2*1-12-9-7-8-10-14(12)18-13(2)17-15(3,4)11-16(18,5)6;1-12-9-7-8-10-14(12)17-13(2)15(3,4)11-16(17,5)6/h6-7,10-11,16H,5,8-9,12-14H2,1-4H3;5-12,14H,1-4H3;2*7-10,13,17H,11H2,1-6H3;7-10,13H,11H2,1-6H3/i;;3D3,11D2;;. The zero-order valence-corrected chi connectivity index (χ0v) is 62.1. The van der Waals surface area contributed by atoms with Crippen LogP contribution >= 0.6 is 0 Å². The molecule has 6 aliphatic rings. The van der Waals surface area contributed by atoms with Gasteiger partial charge in [-0.25, -0.2) is 0 Å². The van der Waals surface area contributed by atoms with E-state index >= 15 is 0 Å². The van der Waals surface area contributed by atoms with Gasteiger partial charge in [0.05, 0.1) is 12.3 Å². The van der Waals surface area contributed by atoms with Crippen molar-refractivity contribution in [3.8, 4) is 0 Å². The lowest BCUT2D eigenvalue weighted by molar-refractivity contribution is 0.170. The molecule has 0 amide bonds. The van der Waals surface area contributed by atoms with Crippen molar-refractivity contribution in [1.82, 2.24) is 10.6 Å². The molecule has 5 fully saturated rings. The van der Waals surface area contributed by atoms with Crippen molar-refractivity contribution in [2.45, 2.75) is 307 Å². The van der Waals surface area contributed by atoms with Crippen molar-refractivity contribution in [1.29, 1.82) is 0 Å². The molecular formula is C85H127N7. The third-order valence-electron chi connectivity index (χ3n) is 22.3. The van der Waals surface area contributed by atoms with Gasteiger partial charge in [0.2, 0.25) is 0 Å². The van der Waals surface area contributed by atoms with E-state index in [1.807, 2.05) is 43.0 Å². The highest BCUT2D eigenvalue weighted by Gasteiger charge is 2.54. The second-order valence-corrected chi connectivity index (χ2v) is 33.3. The molecule has 6 unspecified atom stereocenters. The first-order chi connectivity index (χ1) is 44.8. The van der Waals surface area contributed by atoms with E-state index in [2.05, 4.69) is 290 Å². The molecule has 6 aromatic rings. The first-order valence-electron chi connectivity index (χ1n) is 37.6. The van der Waals surface area contributed by atoms with E-state index < -0.39 is 24.3 Å². The molecule has 0 aromatic heterocycles. The van der Waals surface area contributed by atoms with E-state index in [1.165, 1.54) is 108 Å². The molecule has 0 bridgehead atoms. The molecule has 5 heterocycles. The molecule has 1 aliphatic carbocycles. The zero-order valence-electron chi connectivity index (χ0n) is 67.1. The highest BCUT2D eigenvalue weighted by molar-refractivity contribution is 5.75. The van der Waals surface area contributed by atoms with E-state index in [4.69, 9.17) is 6.85 Å². The van der Waals surface area contributed by atoms with Crippen molar-refractivity contribution in [2.24, 2.45) is 10.8 Å². The van der Waals surface area contributed by atoms with Gasteiger partial charge in [0.1, 0.15) is 0 Å². The number of benzene rings is 6. The Hall–Kier alpha value is -5.76. The van der Waals surface area contributed by atoms with Crippen molar-refractivity contribution < 1.29 is 6.85 Å². The van der Waals surface area contributed by atoms with Crippen LogP contribution in [-0.2, 0) is 5.41 Å². The predicted molar refractivity (Wildman–Crippen MR) is 403 cm³/mol. The molecule has 1 saturated carbocycles. The highest BCUT2D eigenvalue weighted by Crippen LogP contribution is 2.56. The van der Waals surface area contributed by atoms with Gasteiger partial charge in [-0.05, 0) is 271 Å². The van der Waals surface area contributed by atoms with Crippen LogP contribution in [0.3, 0.4) is 0 Å². The number of aryl methyl sites for hydroxylation is 5. The Morgan fingerprint density at radius 2 is 0.717 bits per heavy atom. The molecule has 6 atom stereocenters. The normalized spacial score (nSPS) is 27.9. The average molecular weight is 1250 g/mol. The second-order valence-electron chi connectivity index (χ2n) is 33.3. The summed E-state index contributed by atoms with van der Waals surface area (Å²) in [6.07, 6.45) is 8.96. The third kappa shape index (κ3) is 15.2. The van der Waals surface area contributed by atoms with Crippen LogP contribution < -0.4 is 35.1 Å². The van der Waals surface area contributed by atoms with Gasteiger partial charge in [-0.1, -0.05) is 156 Å². The maximum Gasteiger partial charge on any atom is 0.0776 e. The molecule has 5 aliphatic heterocycles. The fourth-order valence-electron chi connectivity index (χ4n) is 18.6. The van der Waals surface area contributed by atoms with Crippen LogP contribution in [0.5, 0.6) is 0 Å². The number of fused-ring (bicyclic) bond motifs is 1. The Morgan fingerprint density at radius 1 is 0.370 bits per heavy atom. The van der Waals surface area contributed by atoms with Crippen molar-refractivity contribution in [2.75, 3.05) is 24.5 Å². The summed E-state index contributed by atoms with van der Waals surface area (Å²) in [6, 6.07) is 53.3. The lowest BCUT2D eigenvalue weighted by Gasteiger charge is -2.55. The van der Waals surface area contributed by atoms with Crippen molar-refractivity contribution in [3.63, 3.8) is 0 Å². The number of para-hydroxylation sites is 6. The van der Waals surface area contributed by atoms with E-state index in [0.29, 0.717) is 35.1 Å². The van der Waals surface area contributed by atoms with Gasteiger partial charge in [0.25, 0.3) is 0 Å². The molecule has 7 heteroatoms. The summed E-state index contributed by atoms with van der Waals surface area (Å²) in [5, 5.41) is 6.76. The fraction of sp³-hybridized carbons (Fsp3) is 0.576. The molecule has 12 rings (SSSR count). The van der Waals surface area contributed by atoms with Crippen LogP contribution in [0.2, 0.25) is 0 Å². The van der Waals surface area contributed by atoms with Gasteiger partial charge in [-0.3, -0.25) is 10.6 Å². The van der Waals surface area contributed by atoms with Gasteiger partial charge < -0.3 is 24.5 Å². The molecule has 92 heavy (non-hydrogen) atoms. The van der Waals surface area contributed by atoms with E-state index in [1.54, 1.807) is 13.8 Å². The van der Waals surface area contributed by atoms with Crippen LogP contribution in [0.15, 0.2) is 146 Å². The molecule has 2 N–H and O–H groups in total. The smallest absolute Gasteiger partial charge is 0.0776 e. The Morgan fingerprint density at radius 3 is 1.12 bits per heavy atom. The lowest BCUT2D eigenvalue weighted by atomic mass is 9.68. The Labute approximate surface area is 570 Å². The SMILES string of the molecule is Cc1ccccc1N1C(C)C(C)(C)CC1(C)C.Cc1ccccc1N1C(C)C2(CCCCC2)CC1(C)C.Cc1ccccc1N1C(C)NC(C)(C)CC1(C)C.Cc1ccccc1N1c2ccccc2C(C)(C)C1C.[2H]C([2H])([2H])C1(C)NC(C)N(c2ccccc2C)C(C)(C)C1([2H])[2H]. The Balaban J connectivity index is 0.000000155. The lowest BCUT2D eigenvalue weighted by Crippen LogP contribution is -2.67. The van der Waals surface area contributed by atoms with Gasteiger partial charge in [-0.2, -0.15) is 0 Å². The summed E-state index contributed by atoms with van der Waals surface area (Å²) < 4.78 is 41.0. The van der Waals surface area contributed by atoms with Crippen LogP contribution in [0, 0.1) is 45.4 Å². The Kier molecular flexibility index (Phi) is 19.2. The van der Waals surface area contributed by atoms with Gasteiger partial charge in [0.15, 0.2) is 0 Å². The minimum Gasteiger partial charge on any atom is -0.363 e. The number of anilines is 6. The largest absolute Gasteiger partial charge is 0.363 e. The Bertz CT molecular complexity index is 3650. The first kappa shape index (κ1) is 64.9. The summed E-state index contributed by atoms with van der Waals surface area (Å²) in [6.45, 7) is 53.1. The summed E-state index contributed by atoms with van der Waals surface area (Å²) in [7, 11) is 0. The minimum absolute atomic E-state index is 0.167. The number of rotatable bonds is 5. The highest BCUT2D eigenvalue weighted by atomic mass is 15.4. The molecule has 502 valence electrons. The summed E-state index contributed by atoms with van der Waals surface area (Å²) in [4.78, 5) is 12.3. The number of nitrogens with one attached hydrogen (secondary N) is 2. The minimum atomic E-state index is -2.46. The average Bonchev–Trinajstić information content (AvgIpc) is 1.66. The van der Waals surface area contributed by atoms with E-state index in [-0.39, 0.29) is 33.7 Å². The molecule has 4 saturated heterocycles. The topological polar surface area (TPSA) is 40.3 Å². The molecule has 0 radical (unpaired) electrons. The zero-order chi connectivity index (χ0) is 72.2. The van der Waals surface area contributed by atoms with Gasteiger partial charge in [0, 0.05) is 97.8 Å². The first-order valence-corrected chi connectivity index (χ1v) is 35.1. The third-order valence-corrected chi connectivity index (χ3v) is 22.3. The summed E-state index contributed by atoms with van der Waals surface area (Å²) in [5.41, 5.74) is 15.1. The molecule has 7 nitrogen and oxygen atoms in total. The van der Waals surface area contributed by atoms with Crippen LogP contribution in [-0.4, -0.2) is 63.7 Å². The van der Waals surface area contributed by atoms with Crippen LogP contribution in [0.25, 0.3) is 0 Å². The second kappa shape index (κ2) is 27.2. The van der Waals surface area contributed by atoms with Crippen molar-refractivity contribution >= 4 is 34.1 Å².